The smallest absolute Gasteiger partial charge is 0.260 e. The third-order valence-electron chi connectivity index (χ3n) is 1.96. The van der Waals surface area contributed by atoms with E-state index in [0.29, 0.717) is 5.56 Å². The monoisotopic (exact) mass is 211 g/mol. The first-order valence-corrected chi connectivity index (χ1v) is 4.67. The molecule has 1 rings (SSSR count). The summed E-state index contributed by atoms with van der Waals surface area (Å²) in [6.07, 6.45) is 0. The van der Waals surface area contributed by atoms with E-state index in [-0.39, 0.29) is 5.91 Å². The standard InChI is InChI=1S/C10H13NO2S/c1-10(2,13)8-5-3-7(4-6-8)9(12)11-14/h3-6,13-14H,1-2H3,(H,11,12). The molecule has 0 saturated carbocycles. The van der Waals surface area contributed by atoms with Crippen LogP contribution < -0.4 is 4.72 Å². The number of amides is 1. The molecule has 0 unspecified atom stereocenters. The van der Waals surface area contributed by atoms with Crippen LogP contribution in [0, 0.1) is 0 Å². The molecule has 0 bridgehead atoms. The molecule has 4 heteroatoms. The van der Waals surface area contributed by atoms with E-state index >= 15 is 0 Å². The third kappa shape index (κ3) is 2.49. The van der Waals surface area contributed by atoms with Crippen molar-refractivity contribution in [1.82, 2.24) is 4.72 Å². The topological polar surface area (TPSA) is 49.3 Å². The second-order valence-corrected chi connectivity index (χ2v) is 3.80. The average Bonchev–Trinajstić information content (AvgIpc) is 2.15. The number of hydrogen-bond donors (Lipinski definition) is 3. The predicted octanol–water partition coefficient (Wildman–Crippen LogP) is 1.49. The lowest BCUT2D eigenvalue weighted by Crippen LogP contribution is -2.17. The lowest BCUT2D eigenvalue weighted by Gasteiger charge is -2.17. The first-order chi connectivity index (χ1) is 6.45. The fourth-order valence-corrected chi connectivity index (χ4v) is 1.22. The Morgan fingerprint density at radius 1 is 1.36 bits per heavy atom. The van der Waals surface area contributed by atoms with Crippen LogP contribution in [0.3, 0.4) is 0 Å². The molecule has 14 heavy (non-hydrogen) atoms. The van der Waals surface area contributed by atoms with E-state index in [0.717, 1.165) is 5.56 Å². The summed E-state index contributed by atoms with van der Waals surface area (Å²) in [5, 5.41) is 9.66. The number of aliphatic hydroxyl groups is 1. The molecule has 0 aliphatic heterocycles. The van der Waals surface area contributed by atoms with E-state index in [4.69, 9.17) is 0 Å². The Kier molecular flexibility index (Phi) is 3.18. The highest BCUT2D eigenvalue weighted by Gasteiger charge is 2.15. The summed E-state index contributed by atoms with van der Waals surface area (Å²) in [4.78, 5) is 11.1. The molecular formula is C10H13NO2S. The van der Waals surface area contributed by atoms with Crippen LogP contribution in [0.5, 0.6) is 0 Å². The van der Waals surface area contributed by atoms with Crippen molar-refractivity contribution in [2.45, 2.75) is 19.4 Å². The van der Waals surface area contributed by atoms with Gasteiger partial charge in [-0.1, -0.05) is 24.9 Å². The maximum atomic E-state index is 11.1. The van der Waals surface area contributed by atoms with Crippen LogP contribution in [-0.4, -0.2) is 11.0 Å². The molecule has 1 aromatic carbocycles. The SMILES string of the molecule is CC(C)(O)c1ccc(C(=O)NS)cc1. The fraction of sp³-hybridized carbons (Fsp3) is 0.300. The summed E-state index contributed by atoms with van der Waals surface area (Å²) in [5.41, 5.74) is 0.414. The number of carbonyl (C=O) groups is 1. The molecule has 2 N–H and O–H groups in total. The van der Waals surface area contributed by atoms with Crippen molar-refractivity contribution in [3.05, 3.63) is 35.4 Å². The number of thiol groups is 1. The van der Waals surface area contributed by atoms with Crippen molar-refractivity contribution < 1.29 is 9.90 Å². The molecule has 0 atom stereocenters. The maximum Gasteiger partial charge on any atom is 0.260 e. The average molecular weight is 211 g/mol. The van der Waals surface area contributed by atoms with E-state index in [2.05, 4.69) is 17.5 Å². The zero-order chi connectivity index (χ0) is 10.8. The van der Waals surface area contributed by atoms with Crippen molar-refractivity contribution in [2.75, 3.05) is 0 Å². The van der Waals surface area contributed by atoms with Gasteiger partial charge in [-0.05, 0) is 31.5 Å². The van der Waals surface area contributed by atoms with Crippen LogP contribution in [0.4, 0.5) is 0 Å². The molecule has 0 aromatic heterocycles. The third-order valence-corrected chi connectivity index (χ3v) is 2.16. The van der Waals surface area contributed by atoms with Crippen LogP contribution >= 0.6 is 12.8 Å². The van der Waals surface area contributed by atoms with Crippen LogP contribution in [0.1, 0.15) is 29.8 Å². The normalized spacial score (nSPS) is 11.1. The van der Waals surface area contributed by atoms with Crippen molar-refractivity contribution in [1.29, 1.82) is 0 Å². The van der Waals surface area contributed by atoms with Gasteiger partial charge in [-0.25, -0.2) is 0 Å². The van der Waals surface area contributed by atoms with Crippen LogP contribution in [0.15, 0.2) is 24.3 Å². The number of rotatable bonds is 2. The van der Waals surface area contributed by atoms with Crippen molar-refractivity contribution in [2.24, 2.45) is 0 Å². The summed E-state index contributed by atoms with van der Waals surface area (Å²) in [7, 11) is 0. The summed E-state index contributed by atoms with van der Waals surface area (Å²) in [6.45, 7) is 3.39. The molecule has 0 fully saturated rings. The van der Waals surface area contributed by atoms with E-state index in [1.54, 1.807) is 38.1 Å². The van der Waals surface area contributed by atoms with Gasteiger partial charge in [0.25, 0.3) is 5.91 Å². The molecule has 3 nitrogen and oxygen atoms in total. The Labute approximate surface area is 88.7 Å². The van der Waals surface area contributed by atoms with Gasteiger partial charge < -0.3 is 5.11 Å². The van der Waals surface area contributed by atoms with Crippen molar-refractivity contribution in [3.63, 3.8) is 0 Å². The van der Waals surface area contributed by atoms with Gasteiger partial charge in [0.2, 0.25) is 0 Å². The second-order valence-electron chi connectivity index (χ2n) is 3.58. The molecular weight excluding hydrogens is 198 g/mol. The summed E-state index contributed by atoms with van der Waals surface area (Å²) >= 11 is 3.66. The Bertz CT molecular complexity index is 327. The molecule has 0 saturated heterocycles. The highest BCUT2D eigenvalue weighted by atomic mass is 32.1. The number of nitrogens with one attached hydrogen (secondary N) is 1. The summed E-state index contributed by atoms with van der Waals surface area (Å²) in [6, 6.07) is 6.74. The lowest BCUT2D eigenvalue weighted by atomic mass is 9.97. The Morgan fingerprint density at radius 3 is 2.21 bits per heavy atom. The van der Waals surface area contributed by atoms with Gasteiger partial charge in [-0.3, -0.25) is 9.52 Å². The Hall–Kier alpha value is -1.00. The molecule has 1 amide bonds. The predicted molar refractivity (Wildman–Crippen MR) is 58.1 cm³/mol. The molecule has 0 heterocycles. The van der Waals surface area contributed by atoms with E-state index in [9.17, 15) is 9.90 Å². The summed E-state index contributed by atoms with van der Waals surface area (Å²) in [5.74, 6) is -0.254. The quantitative estimate of drug-likeness (QED) is 0.649. The van der Waals surface area contributed by atoms with Crippen molar-refractivity contribution in [3.8, 4) is 0 Å². The molecule has 76 valence electrons. The van der Waals surface area contributed by atoms with E-state index in [1.165, 1.54) is 0 Å². The second kappa shape index (κ2) is 4.02. The van der Waals surface area contributed by atoms with Crippen molar-refractivity contribution >= 4 is 18.7 Å². The van der Waals surface area contributed by atoms with E-state index in [1.807, 2.05) is 0 Å². The Balaban J connectivity index is 2.95. The zero-order valence-corrected chi connectivity index (χ0v) is 9.01. The highest BCUT2D eigenvalue weighted by molar-refractivity contribution is 7.78. The van der Waals surface area contributed by atoms with Gasteiger partial charge in [-0.2, -0.15) is 0 Å². The maximum absolute atomic E-state index is 11.1. The first-order valence-electron chi connectivity index (χ1n) is 4.22. The number of hydrogen-bond acceptors (Lipinski definition) is 3. The van der Waals surface area contributed by atoms with Gasteiger partial charge in [0, 0.05) is 5.56 Å². The van der Waals surface area contributed by atoms with Gasteiger partial charge in [0.1, 0.15) is 0 Å². The van der Waals surface area contributed by atoms with Gasteiger partial charge >= 0.3 is 0 Å². The number of benzene rings is 1. The minimum Gasteiger partial charge on any atom is -0.386 e. The molecule has 1 aromatic rings. The van der Waals surface area contributed by atoms with Crippen LogP contribution in [0.2, 0.25) is 0 Å². The molecule has 0 aliphatic carbocycles. The zero-order valence-electron chi connectivity index (χ0n) is 8.11. The first kappa shape index (κ1) is 11.1. The number of carbonyl (C=O) groups excluding carboxylic acids is 1. The van der Waals surface area contributed by atoms with E-state index < -0.39 is 5.60 Å². The minimum absolute atomic E-state index is 0.254. The summed E-state index contributed by atoms with van der Waals surface area (Å²) < 4.78 is 2.23. The lowest BCUT2D eigenvalue weighted by molar-refractivity contribution is 0.0784. The minimum atomic E-state index is -0.879. The molecule has 0 radical (unpaired) electrons. The van der Waals surface area contributed by atoms with Gasteiger partial charge in [-0.15, -0.1) is 0 Å². The Morgan fingerprint density at radius 2 is 1.86 bits per heavy atom. The van der Waals surface area contributed by atoms with Gasteiger partial charge in [0.05, 0.1) is 5.60 Å². The van der Waals surface area contributed by atoms with Crippen LogP contribution in [-0.2, 0) is 5.60 Å². The van der Waals surface area contributed by atoms with Crippen LogP contribution in [0.25, 0.3) is 0 Å². The highest BCUT2D eigenvalue weighted by Crippen LogP contribution is 2.19. The molecule has 0 spiro atoms. The molecule has 0 aliphatic rings. The van der Waals surface area contributed by atoms with Gasteiger partial charge in [0.15, 0.2) is 0 Å². The largest absolute Gasteiger partial charge is 0.386 e. The fourth-order valence-electron chi connectivity index (χ4n) is 1.09.